The minimum Gasteiger partial charge on any atom is -0.372 e. The molecule has 0 N–H and O–H groups in total. The Hall–Kier alpha value is -2.53. The Kier molecular flexibility index (Phi) is 6.01. The minimum atomic E-state index is -0.0137. The molecule has 1 saturated heterocycles. The van der Waals surface area contributed by atoms with Crippen LogP contribution in [0.2, 0.25) is 0 Å². The van der Waals surface area contributed by atoms with Crippen LogP contribution in [-0.4, -0.2) is 36.1 Å². The molecule has 0 spiro atoms. The number of amidine groups is 1. The lowest BCUT2D eigenvalue weighted by atomic mass is 10.1. The summed E-state index contributed by atoms with van der Waals surface area (Å²) in [6.07, 6.45) is 1.94. The van der Waals surface area contributed by atoms with E-state index in [0.717, 1.165) is 29.9 Å². The van der Waals surface area contributed by atoms with Crippen molar-refractivity contribution in [1.82, 2.24) is 4.90 Å². The number of carbonyl (C=O) groups excluding carboxylic acids is 1. The Morgan fingerprint density at radius 1 is 1.07 bits per heavy atom. The van der Waals surface area contributed by atoms with Crippen molar-refractivity contribution in [3.63, 3.8) is 0 Å². The Morgan fingerprint density at radius 2 is 1.74 bits per heavy atom. The summed E-state index contributed by atoms with van der Waals surface area (Å²) in [4.78, 5) is 21.9. The van der Waals surface area contributed by atoms with Crippen LogP contribution in [0.15, 0.2) is 58.4 Å². The molecule has 0 atom stereocenters. The third-order valence-corrected chi connectivity index (χ3v) is 5.71. The number of nitrogens with zero attached hydrogens (tertiary/aromatic N) is 3. The topological polar surface area (TPSA) is 35.9 Å². The number of likely N-dealkylation sites (N-methyl/N-ethyl adjacent to an activating group) is 1. The van der Waals surface area contributed by atoms with Gasteiger partial charge in [0.25, 0.3) is 5.91 Å². The number of anilines is 1. The molecule has 27 heavy (non-hydrogen) atoms. The molecule has 1 aliphatic rings. The van der Waals surface area contributed by atoms with Gasteiger partial charge in [0, 0.05) is 25.8 Å². The first-order valence-electron chi connectivity index (χ1n) is 9.20. The molecular weight excluding hydrogens is 354 g/mol. The van der Waals surface area contributed by atoms with Gasteiger partial charge in [-0.1, -0.05) is 30.3 Å². The van der Waals surface area contributed by atoms with Gasteiger partial charge in [0.1, 0.15) is 0 Å². The fraction of sp³-hybridized carbons (Fsp3) is 0.273. The van der Waals surface area contributed by atoms with Crippen molar-refractivity contribution in [3.05, 3.63) is 64.6 Å². The van der Waals surface area contributed by atoms with E-state index in [2.05, 4.69) is 48.0 Å². The second-order valence-electron chi connectivity index (χ2n) is 6.42. The second-order valence-corrected chi connectivity index (χ2v) is 7.43. The smallest absolute Gasteiger partial charge is 0.266 e. The summed E-state index contributed by atoms with van der Waals surface area (Å²) in [6.45, 7) is 8.29. The van der Waals surface area contributed by atoms with Crippen molar-refractivity contribution < 1.29 is 4.79 Å². The lowest BCUT2D eigenvalue weighted by Gasteiger charge is -2.20. The number of hydrogen-bond acceptors (Lipinski definition) is 4. The van der Waals surface area contributed by atoms with E-state index in [1.165, 1.54) is 17.4 Å². The molecule has 3 rings (SSSR count). The van der Waals surface area contributed by atoms with Crippen LogP contribution >= 0.6 is 11.8 Å². The monoisotopic (exact) mass is 379 g/mol. The fourth-order valence-corrected chi connectivity index (χ4v) is 3.94. The first-order valence-corrected chi connectivity index (χ1v) is 10.0. The van der Waals surface area contributed by atoms with Gasteiger partial charge in [0.2, 0.25) is 0 Å². The molecule has 1 amide bonds. The highest BCUT2D eigenvalue weighted by Crippen LogP contribution is 2.34. The number of aryl methyl sites for hydroxylation is 1. The van der Waals surface area contributed by atoms with Crippen LogP contribution < -0.4 is 4.90 Å². The summed E-state index contributed by atoms with van der Waals surface area (Å²) in [5, 5.41) is 0.709. The van der Waals surface area contributed by atoms with Gasteiger partial charge in [-0.05, 0) is 67.9 Å². The molecule has 0 bridgehead atoms. The molecule has 0 aromatic heterocycles. The summed E-state index contributed by atoms with van der Waals surface area (Å²) in [5.41, 5.74) is 4.21. The summed E-state index contributed by atoms with van der Waals surface area (Å²) >= 11 is 1.42. The van der Waals surface area contributed by atoms with Gasteiger partial charge >= 0.3 is 0 Å². The summed E-state index contributed by atoms with van der Waals surface area (Å²) < 4.78 is 0. The highest BCUT2D eigenvalue weighted by Gasteiger charge is 2.30. The zero-order valence-electron chi connectivity index (χ0n) is 16.3. The number of carbonyl (C=O) groups is 1. The minimum absolute atomic E-state index is 0.0137. The number of para-hydroxylation sites is 1. The van der Waals surface area contributed by atoms with Crippen molar-refractivity contribution >= 4 is 40.3 Å². The average molecular weight is 380 g/mol. The van der Waals surface area contributed by atoms with Crippen molar-refractivity contribution in [1.29, 1.82) is 0 Å². The largest absolute Gasteiger partial charge is 0.372 e. The first-order chi connectivity index (χ1) is 13.0. The first kappa shape index (κ1) is 19.2. The number of aliphatic imine (C=N–C) groups is 1. The van der Waals surface area contributed by atoms with Crippen LogP contribution in [0.3, 0.4) is 0 Å². The molecule has 0 unspecified atom stereocenters. The highest BCUT2D eigenvalue weighted by atomic mass is 32.2. The lowest BCUT2D eigenvalue weighted by Crippen LogP contribution is -2.23. The van der Waals surface area contributed by atoms with Crippen LogP contribution in [0.4, 0.5) is 11.4 Å². The normalized spacial score (nSPS) is 17.2. The standard InChI is InChI=1S/C22H25N3OS/c1-5-25(6-2)18-13-11-17(12-14-18)15-20-21(26)24(4)22(27-20)23-19-10-8-7-9-16(19)3/h7-15H,5-6H2,1-4H3/b20-15+,23-22?. The van der Waals surface area contributed by atoms with Crippen molar-refractivity contribution in [2.24, 2.45) is 4.99 Å². The van der Waals surface area contributed by atoms with Gasteiger partial charge in [-0.25, -0.2) is 4.99 Å². The zero-order chi connectivity index (χ0) is 19.4. The Labute approximate surface area is 165 Å². The van der Waals surface area contributed by atoms with Gasteiger partial charge in [-0.2, -0.15) is 0 Å². The number of thioether (sulfide) groups is 1. The molecule has 2 aromatic carbocycles. The van der Waals surface area contributed by atoms with Gasteiger partial charge < -0.3 is 4.90 Å². The van der Waals surface area contributed by atoms with Crippen molar-refractivity contribution in [2.75, 3.05) is 25.0 Å². The molecule has 1 heterocycles. The van der Waals surface area contributed by atoms with E-state index >= 15 is 0 Å². The van der Waals surface area contributed by atoms with E-state index in [1.54, 1.807) is 11.9 Å². The third kappa shape index (κ3) is 4.25. The molecule has 1 aliphatic heterocycles. The van der Waals surface area contributed by atoms with Crippen LogP contribution in [0.5, 0.6) is 0 Å². The summed E-state index contributed by atoms with van der Waals surface area (Å²) in [7, 11) is 1.77. The van der Waals surface area contributed by atoms with Crippen molar-refractivity contribution in [2.45, 2.75) is 20.8 Å². The number of benzene rings is 2. The molecule has 0 radical (unpaired) electrons. The summed E-state index contributed by atoms with van der Waals surface area (Å²) in [6, 6.07) is 16.3. The molecule has 0 saturated carbocycles. The molecule has 0 aliphatic carbocycles. The van der Waals surface area contributed by atoms with E-state index in [1.807, 2.05) is 37.3 Å². The van der Waals surface area contributed by atoms with Crippen LogP contribution in [0, 0.1) is 6.92 Å². The molecular formula is C22H25N3OS. The lowest BCUT2D eigenvalue weighted by molar-refractivity contribution is -0.121. The summed E-state index contributed by atoms with van der Waals surface area (Å²) in [5.74, 6) is -0.0137. The molecule has 4 nitrogen and oxygen atoms in total. The highest BCUT2D eigenvalue weighted by molar-refractivity contribution is 8.18. The Balaban J connectivity index is 1.83. The van der Waals surface area contributed by atoms with E-state index in [-0.39, 0.29) is 5.91 Å². The van der Waals surface area contributed by atoms with Crippen LogP contribution in [0.25, 0.3) is 6.08 Å². The average Bonchev–Trinajstić information content (AvgIpc) is 2.94. The maximum Gasteiger partial charge on any atom is 0.266 e. The predicted octanol–water partition coefficient (Wildman–Crippen LogP) is 5.08. The fourth-order valence-electron chi connectivity index (χ4n) is 2.97. The van der Waals surface area contributed by atoms with E-state index in [9.17, 15) is 4.79 Å². The van der Waals surface area contributed by atoms with E-state index in [4.69, 9.17) is 0 Å². The van der Waals surface area contributed by atoms with Gasteiger partial charge in [0.15, 0.2) is 5.17 Å². The molecule has 140 valence electrons. The Bertz CT molecular complexity index is 883. The number of amides is 1. The molecule has 5 heteroatoms. The van der Waals surface area contributed by atoms with Gasteiger partial charge in [0.05, 0.1) is 10.6 Å². The maximum absolute atomic E-state index is 12.6. The Morgan fingerprint density at radius 3 is 2.37 bits per heavy atom. The van der Waals surface area contributed by atoms with Gasteiger partial charge in [-0.15, -0.1) is 0 Å². The number of rotatable bonds is 5. The maximum atomic E-state index is 12.6. The van der Waals surface area contributed by atoms with Crippen molar-refractivity contribution in [3.8, 4) is 0 Å². The van der Waals surface area contributed by atoms with Crippen LogP contribution in [-0.2, 0) is 4.79 Å². The predicted molar refractivity (Wildman–Crippen MR) is 117 cm³/mol. The van der Waals surface area contributed by atoms with Crippen LogP contribution in [0.1, 0.15) is 25.0 Å². The zero-order valence-corrected chi connectivity index (χ0v) is 17.1. The quantitative estimate of drug-likeness (QED) is 0.680. The SMILES string of the molecule is CCN(CC)c1ccc(/C=C2/SC(=Nc3ccccc3C)N(C)C2=O)cc1. The van der Waals surface area contributed by atoms with Gasteiger partial charge in [-0.3, -0.25) is 9.69 Å². The van der Waals surface area contributed by atoms with E-state index in [0.29, 0.717) is 10.1 Å². The number of hydrogen-bond donors (Lipinski definition) is 0. The molecule has 1 fully saturated rings. The third-order valence-electron chi connectivity index (χ3n) is 4.65. The molecule has 2 aromatic rings. The second kappa shape index (κ2) is 8.44. The van der Waals surface area contributed by atoms with E-state index < -0.39 is 0 Å².